The molecule has 1 amide bonds. The lowest BCUT2D eigenvalue weighted by Crippen LogP contribution is -2.43. The Kier molecular flexibility index (Phi) is 8.07. The van der Waals surface area contributed by atoms with Gasteiger partial charge in [-0.1, -0.05) is 0 Å². The Morgan fingerprint density at radius 1 is 1.39 bits per heavy atom. The average molecular weight is 273 g/mol. The first-order valence-electron chi connectivity index (χ1n) is 5.73. The van der Waals surface area contributed by atoms with Crippen molar-refractivity contribution in [2.45, 2.75) is 13.8 Å². The highest BCUT2D eigenvalue weighted by Gasteiger charge is 2.10. The van der Waals surface area contributed by atoms with E-state index in [1.54, 1.807) is 0 Å². The van der Waals surface area contributed by atoms with Crippen molar-refractivity contribution in [1.29, 1.82) is 0 Å². The van der Waals surface area contributed by atoms with Gasteiger partial charge >= 0.3 is 0 Å². The second-order valence-electron chi connectivity index (χ2n) is 3.97. The molecule has 0 radical (unpaired) electrons. The fourth-order valence-corrected chi connectivity index (χ4v) is 1.72. The number of primary amides is 1. The Bertz CT molecular complexity index is 367. The van der Waals surface area contributed by atoms with Crippen molar-refractivity contribution in [2.24, 2.45) is 5.73 Å². The summed E-state index contributed by atoms with van der Waals surface area (Å²) in [7, 11) is 0. The largest absolute Gasteiger partial charge is 0.372 e. The molecule has 1 aliphatic rings. The Morgan fingerprint density at radius 3 is 2.44 bits per heavy atom. The molecule has 0 unspecified atom stereocenters. The van der Waals surface area contributed by atoms with Gasteiger partial charge in [0.2, 0.25) is 6.41 Å². The molecule has 0 atom stereocenters. The van der Waals surface area contributed by atoms with Crippen molar-refractivity contribution in [1.82, 2.24) is 10.3 Å². The third-order valence-electron chi connectivity index (χ3n) is 2.81. The molecule has 0 aromatic carbocycles. The number of pyridine rings is 1. The molecule has 0 spiro atoms. The first-order valence-corrected chi connectivity index (χ1v) is 5.73. The zero-order chi connectivity index (χ0) is 12.7. The number of nitrogens with zero attached hydrogens (tertiary/aromatic N) is 2. The summed E-state index contributed by atoms with van der Waals surface area (Å²) >= 11 is 0. The maximum atomic E-state index is 8.58. The Morgan fingerprint density at radius 2 is 1.94 bits per heavy atom. The average Bonchev–Trinajstić information content (AvgIpc) is 2.35. The molecule has 5 nitrogen and oxygen atoms in total. The first kappa shape index (κ1) is 16.7. The van der Waals surface area contributed by atoms with Crippen LogP contribution in [0.3, 0.4) is 0 Å². The zero-order valence-corrected chi connectivity index (χ0v) is 11.7. The third-order valence-corrected chi connectivity index (χ3v) is 2.81. The molecule has 0 saturated carbocycles. The molecule has 18 heavy (non-hydrogen) atoms. The summed E-state index contributed by atoms with van der Waals surface area (Å²) in [6, 6.07) is 2.23. The van der Waals surface area contributed by atoms with Gasteiger partial charge in [0.1, 0.15) is 0 Å². The monoisotopic (exact) mass is 272 g/mol. The lowest BCUT2D eigenvalue weighted by atomic mass is 10.2. The molecule has 2 heterocycles. The number of carbonyl (C=O) groups is 1. The van der Waals surface area contributed by atoms with Crippen molar-refractivity contribution in [3.8, 4) is 0 Å². The molecule has 2 rings (SSSR count). The highest BCUT2D eigenvalue weighted by Crippen LogP contribution is 2.16. The summed E-state index contributed by atoms with van der Waals surface area (Å²) in [5, 5.41) is 3.35. The Hall–Kier alpha value is -1.33. The number of rotatable bonds is 1. The van der Waals surface area contributed by atoms with Gasteiger partial charge in [-0.05, 0) is 25.5 Å². The van der Waals surface area contributed by atoms with E-state index in [1.165, 1.54) is 11.3 Å². The van der Waals surface area contributed by atoms with Crippen molar-refractivity contribution in [3.05, 3.63) is 23.5 Å². The van der Waals surface area contributed by atoms with Crippen LogP contribution >= 0.6 is 12.4 Å². The van der Waals surface area contributed by atoms with E-state index >= 15 is 0 Å². The van der Waals surface area contributed by atoms with E-state index in [9.17, 15) is 0 Å². The number of aryl methyl sites for hydroxylation is 2. The predicted octanol–water partition coefficient (Wildman–Crippen LogP) is 0.631. The number of nitrogens with one attached hydrogen (secondary N) is 1. The lowest BCUT2D eigenvalue weighted by Gasteiger charge is -2.29. The van der Waals surface area contributed by atoms with Gasteiger partial charge in [-0.3, -0.25) is 9.78 Å². The van der Waals surface area contributed by atoms with Gasteiger partial charge in [-0.25, -0.2) is 0 Å². The number of aromatic nitrogens is 1. The highest BCUT2D eigenvalue weighted by molar-refractivity contribution is 5.85. The van der Waals surface area contributed by atoms with E-state index in [0.29, 0.717) is 0 Å². The summed E-state index contributed by atoms with van der Waals surface area (Å²) in [4.78, 5) is 15.4. The van der Waals surface area contributed by atoms with Crippen LogP contribution in [0, 0.1) is 13.8 Å². The van der Waals surface area contributed by atoms with Gasteiger partial charge in [-0.2, -0.15) is 0 Å². The van der Waals surface area contributed by atoms with Crippen LogP contribution < -0.4 is 16.0 Å². The van der Waals surface area contributed by atoms with Crippen molar-refractivity contribution in [3.63, 3.8) is 0 Å². The predicted molar refractivity (Wildman–Crippen MR) is 76.3 cm³/mol. The molecule has 0 bridgehead atoms. The summed E-state index contributed by atoms with van der Waals surface area (Å²) in [6.07, 6.45) is 2.23. The molecule has 3 N–H and O–H groups in total. The van der Waals surface area contributed by atoms with Crippen molar-refractivity contribution >= 4 is 24.5 Å². The quantitative estimate of drug-likeness (QED) is 0.736. The van der Waals surface area contributed by atoms with Gasteiger partial charge in [0.05, 0.1) is 11.9 Å². The molecular weight excluding hydrogens is 252 g/mol. The number of carbonyl (C=O) groups excluding carboxylic acids is 1. The van der Waals surface area contributed by atoms with Crippen molar-refractivity contribution < 1.29 is 4.79 Å². The normalized spacial score (nSPS) is 14.0. The fraction of sp³-hybridized carbons (Fsp3) is 0.500. The molecular formula is C12H21ClN4O. The minimum absolute atomic E-state index is 0. The van der Waals surface area contributed by atoms with Crippen LogP contribution in [0.4, 0.5) is 5.69 Å². The summed E-state index contributed by atoms with van der Waals surface area (Å²) < 4.78 is 0. The van der Waals surface area contributed by atoms with Crippen LogP contribution in [-0.2, 0) is 4.79 Å². The number of piperazine rings is 1. The highest BCUT2D eigenvalue weighted by atomic mass is 35.5. The molecule has 1 saturated heterocycles. The summed E-state index contributed by atoms with van der Waals surface area (Å²) in [5.74, 6) is 0. The van der Waals surface area contributed by atoms with E-state index in [0.717, 1.165) is 31.9 Å². The van der Waals surface area contributed by atoms with Crippen LogP contribution in [0.25, 0.3) is 0 Å². The number of hydrogen-bond acceptors (Lipinski definition) is 4. The molecule has 1 fully saturated rings. The summed E-state index contributed by atoms with van der Waals surface area (Å²) in [5.41, 5.74) is 7.83. The number of anilines is 1. The van der Waals surface area contributed by atoms with Gasteiger partial charge in [0.25, 0.3) is 0 Å². The Balaban J connectivity index is 0.000000660. The maximum Gasteiger partial charge on any atom is 0.204 e. The molecule has 1 aromatic rings. The maximum absolute atomic E-state index is 8.58. The van der Waals surface area contributed by atoms with Crippen molar-refractivity contribution in [2.75, 3.05) is 31.1 Å². The molecule has 1 aliphatic heterocycles. The second-order valence-corrected chi connectivity index (χ2v) is 3.97. The minimum atomic E-state index is 0. The fourth-order valence-electron chi connectivity index (χ4n) is 1.72. The van der Waals surface area contributed by atoms with Crippen LogP contribution in [0.5, 0.6) is 0 Å². The van der Waals surface area contributed by atoms with Gasteiger partial charge < -0.3 is 16.0 Å². The smallest absolute Gasteiger partial charge is 0.204 e. The molecule has 6 heteroatoms. The van der Waals surface area contributed by atoms with E-state index < -0.39 is 0 Å². The van der Waals surface area contributed by atoms with Crippen LogP contribution in [-0.4, -0.2) is 37.6 Å². The number of amides is 1. The van der Waals surface area contributed by atoms with Crippen LogP contribution in [0.1, 0.15) is 11.3 Å². The SMILES string of the molecule is Cc1cc(N2CCNCC2)cnc1C.Cl.NC=O. The molecule has 0 aliphatic carbocycles. The van der Waals surface area contributed by atoms with E-state index in [4.69, 9.17) is 4.79 Å². The minimum Gasteiger partial charge on any atom is -0.372 e. The van der Waals surface area contributed by atoms with Gasteiger partial charge in [-0.15, -0.1) is 12.4 Å². The number of hydrogen-bond donors (Lipinski definition) is 2. The topological polar surface area (TPSA) is 71.2 Å². The second kappa shape index (κ2) is 8.72. The third kappa shape index (κ3) is 4.89. The number of halogens is 1. The van der Waals surface area contributed by atoms with Gasteiger partial charge in [0.15, 0.2) is 0 Å². The Labute approximate surface area is 114 Å². The van der Waals surface area contributed by atoms with E-state index in [1.807, 2.05) is 6.20 Å². The van der Waals surface area contributed by atoms with Crippen LogP contribution in [0.2, 0.25) is 0 Å². The van der Waals surface area contributed by atoms with Gasteiger partial charge in [0, 0.05) is 31.9 Å². The number of nitrogens with two attached hydrogens (primary N) is 1. The standard InChI is InChI=1S/C11H17N3.CH3NO.ClH/c1-9-7-11(8-13-10(9)2)14-5-3-12-4-6-14;2-1-3;/h7-8,12H,3-6H2,1-2H3;1H,(H2,2,3);1H. The lowest BCUT2D eigenvalue weighted by molar-refractivity contribution is -0.106. The molecule has 102 valence electrons. The van der Waals surface area contributed by atoms with Crippen LogP contribution in [0.15, 0.2) is 12.3 Å². The van der Waals surface area contributed by atoms with E-state index in [-0.39, 0.29) is 18.8 Å². The zero-order valence-electron chi connectivity index (χ0n) is 10.8. The van der Waals surface area contributed by atoms with E-state index in [2.05, 4.69) is 40.8 Å². The first-order chi connectivity index (χ1) is 8.19. The summed E-state index contributed by atoms with van der Waals surface area (Å²) in [6.45, 7) is 8.50. The molecule has 1 aromatic heterocycles.